The summed E-state index contributed by atoms with van der Waals surface area (Å²) in [7, 11) is 3.24. The van der Waals surface area contributed by atoms with Crippen molar-refractivity contribution in [3.05, 3.63) is 50.6 Å². The molecule has 1 aliphatic rings. The molecule has 31 heavy (non-hydrogen) atoms. The summed E-state index contributed by atoms with van der Waals surface area (Å²) in [6.45, 7) is 9.93. The lowest BCUT2D eigenvalue weighted by Gasteiger charge is -2.47. The Hall–Kier alpha value is -2.29. The van der Waals surface area contributed by atoms with Crippen molar-refractivity contribution in [3.8, 4) is 11.5 Å². The zero-order chi connectivity index (χ0) is 22.8. The van der Waals surface area contributed by atoms with Gasteiger partial charge in [-0.1, -0.05) is 6.92 Å². The Kier molecular flexibility index (Phi) is 7.13. The van der Waals surface area contributed by atoms with Gasteiger partial charge in [-0.15, -0.1) is 0 Å². The summed E-state index contributed by atoms with van der Waals surface area (Å²) in [6.07, 6.45) is 2.71. The second-order valence-electron chi connectivity index (χ2n) is 8.36. The first-order valence-electron chi connectivity index (χ1n) is 10.4. The molecule has 1 heterocycles. The summed E-state index contributed by atoms with van der Waals surface area (Å²) in [5.74, 6) is 1.51. The van der Waals surface area contributed by atoms with E-state index >= 15 is 0 Å². The molecule has 166 valence electrons. The van der Waals surface area contributed by atoms with E-state index in [0.717, 1.165) is 27.8 Å². The fourth-order valence-electron chi connectivity index (χ4n) is 4.43. The lowest BCUT2D eigenvalue weighted by Crippen LogP contribution is -2.48. The molecular formula is C24H30IN3O3. The molecule has 0 spiro atoms. The Bertz CT molecular complexity index is 1000. The van der Waals surface area contributed by atoms with E-state index in [4.69, 9.17) is 9.47 Å². The highest BCUT2D eigenvalue weighted by Gasteiger charge is 2.36. The third kappa shape index (κ3) is 4.81. The number of carbonyl (C=O) groups excluding carboxylic acids is 1. The minimum atomic E-state index is -0.296. The summed E-state index contributed by atoms with van der Waals surface area (Å²) in [5, 5.41) is 4.19. The molecular weight excluding hydrogens is 505 g/mol. The van der Waals surface area contributed by atoms with E-state index in [1.807, 2.05) is 6.07 Å². The number of anilines is 1. The van der Waals surface area contributed by atoms with Crippen LogP contribution >= 0.6 is 22.6 Å². The number of hydrogen-bond acceptors (Lipinski definition) is 5. The topological polar surface area (TPSA) is 63.2 Å². The van der Waals surface area contributed by atoms with E-state index in [-0.39, 0.29) is 11.4 Å². The molecule has 0 radical (unpaired) electrons. The average Bonchev–Trinajstić information content (AvgIpc) is 2.73. The van der Waals surface area contributed by atoms with Crippen molar-refractivity contribution in [1.82, 2.24) is 5.43 Å². The molecule has 0 aromatic heterocycles. The van der Waals surface area contributed by atoms with Crippen molar-refractivity contribution in [2.75, 3.05) is 25.7 Å². The number of fused-ring (bicyclic) bond motifs is 1. The summed E-state index contributed by atoms with van der Waals surface area (Å²) >= 11 is 2.17. The van der Waals surface area contributed by atoms with Crippen molar-refractivity contribution >= 4 is 40.4 Å². The molecule has 6 nitrogen and oxygen atoms in total. The van der Waals surface area contributed by atoms with Crippen molar-refractivity contribution < 1.29 is 14.3 Å². The van der Waals surface area contributed by atoms with Gasteiger partial charge in [-0.2, -0.15) is 5.10 Å². The van der Waals surface area contributed by atoms with Crippen LogP contribution in [0.3, 0.4) is 0 Å². The van der Waals surface area contributed by atoms with Crippen LogP contribution in [0, 0.1) is 3.57 Å². The molecule has 1 N–H and O–H groups in total. The maximum atomic E-state index is 12.5. The fraction of sp³-hybridized carbons (Fsp3) is 0.417. The van der Waals surface area contributed by atoms with Crippen molar-refractivity contribution in [1.29, 1.82) is 0 Å². The van der Waals surface area contributed by atoms with Gasteiger partial charge in [0.2, 0.25) is 0 Å². The van der Waals surface area contributed by atoms with E-state index in [0.29, 0.717) is 17.2 Å². The number of amides is 1. The van der Waals surface area contributed by atoms with E-state index in [9.17, 15) is 4.79 Å². The summed E-state index contributed by atoms with van der Waals surface area (Å²) in [6, 6.07) is 9.50. The molecule has 3 rings (SSSR count). The van der Waals surface area contributed by atoms with Crippen molar-refractivity contribution in [2.24, 2.45) is 5.10 Å². The summed E-state index contributed by atoms with van der Waals surface area (Å²) in [5.41, 5.74) is 6.49. The van der Waals surface area contributed by atoms with E-state index in [2.05, 4.69) is 77.8 Å². The Labute approximate surface area is 198 Å². The fourth-order valence-corrected chi connectivity index (χ4v) is 4.99. The Morgan fingerprint density at radius 2 is 1.97 bits per heavy atom. The molecule has 0 saturated carbocycles. The molecule has 7 heteroatoms. The maximum absolute atomic E-state index is 12.5. The van der Waals surface area contributed by atoms with Crippen LogP contribution in [0.15, 0.2) is 35.4 Å². The van der Waals surface area contributed by atoms with Gasteiger partial charge < -0.3 is 14.4 Å². The van der Waals surface area contributed by atoms with Gasteiger partial charge in [-0.25, -0.2) is 5.43 Å². The predicted molar refractivity (Wildman–Crippen MR) is 134 cm³/mol. The number of benzene rings is 2. The standard InChI is InChI=1S/C24H30IN3O3/c1-7-28-20-12-21(30-5)17(10-18(20)15(2)13-24(28,3)4)14-26-27-23(29)16-8-9-19(25)22(11-16)31-6/h8-12,14-15H,7,13H2,1-6H3,(H,27,29)/b26-14+. The highest BCUT2D eigenvalue weighted by Crippen LogP contribution is 2.45. The largest absolute Gasteiger partial charge is 0.496 e. The Morgan fingerprint density at radius 3 is 2.61 bits per heavy atom. The number of nitrogens with one attached hydrogen (secondary N) is 1. The quantitative estimate of drug-likeness (QED) is 0.315. The second kappa shape index (κ2) is 9.46. The molecule has 2 aromatic rings. The molecule has 0 aliphatic carbocycles. The SMILES string of the molecule is CCN1c2cc(OC)c(/C=N/NC(=O)c3ccc(I)c(OC)c3)cc2C(C)CC1(C)C. The molecule has 0 saturated heterocycles. The number of methoxy groups -OCH3 is 2. The van der Waals surface area contributed by atoms with Gasteiger partial charge in [0.15, 0.2) is 0 Å². The molecule has 1 atom stereocenters. The first kappa shape index (κ1) is 23.4. The van der Waals surface area contributed by atoms with Crippen LogP contribution in [-0.4, -0.2) is 38.4 Å². The first-order chi connectivity index (χ1) is 14.7. The van der Waals surface area contributed by atoms with Gasteiger partial charge in [0.1, 0.15) is 11.5 Å². The van der Waals surface area contributed by atoms with Gasteiger partial charge in [-0.05, 0) is 85.5 Å². The smallest absolute Gasteiger partial charge is 0.271 e. The Balaban J connectivity index is 1.86. The highest BCUT2D eigenvalue weighted by molar-refractivity contribution is 14.1. The summed E-state index contributed by atoms with van der Waals surface area (Å²) in [4.78, 5) is 14.9. The lowest BCUT2D eigenvalue weighted by molar-refractivity contribution is 0.0954. The van der Waals surface area contributed by atoms with Crippen LogP contribution < -0.4 is 19.8 Å². The maximum Gasteiger partial charge on any atom is 0.271 e. The molecule has 0 bridgehead atoms. The van der Waals surface area contributed by atoms with Gasteiger partial charge >= 0.3 is 0 Å². The molecule has 1 amide bonds. The van der Waals surface area contributed by atoms with Crippen LogP contribution in [0.5, 0.6) is 11.5 Å². The number of hydrogen-bond donors (Lipinski definition) is 1. The predicted octanol–water partition coefficient (Wildman–Crippen LogP) is 5.18. The third-order valence-corrected chi connectivity index (χ3v) is 6.73. The molecule has 1 aliphatic heterocycles. The highest BCUT2D eigenvalue weighted by atomic mass is 127. The van der Waals surface area contributed by atoms with Crippen LogP contribution in [-0.2, 0) is 0 Å². The molecule has 0 fully saturated rings. The van der Waals surface area contributed by atoms with Gasteiger partial charge in [0.05, 0.1) is 24.0 Å². The monoisotopic (exact) mass is 535 g/mol. The Morgan fingerprint density at radius 1 is 1.26 bits per heavy atom. The lowest BCUT2D eigenvalue weighted by atomic mass is 9.79. The van der Waals surface area contributed by atoms with Crippen molar-refractivity contribution in [3.63, 3.8) is 0 Å². The second-order valence-corrected chi connectivity index (χ2v) is 9.53. The minimum absolute atomic E-state index is 0.0876. The average molecular weight is 535 g/mol. The number of ether oxygens (including phenoxy) is 2. The zero-order valence-electron chi connectivity index (χ0n) is 19.0. The van der Waals surface area contributed by atoms with Gasteiger partial charge in [-0.3, -0.25) is 4.79 Å². The summed E-state index contributed by atoms with van der Waals surface area (Å²) < 4.78 is 11.9. The molecule has 1 unspecified atom stereocenters. The zero-order valence-corrected chi connectivity index (χ0v) is 21.1. The number of hydrazone groups is 1. The van der Waals surface area contributed by atoms with Crippen LogP contribution in [0.2, 0.25) is 0 Å². The van der Waals surface area contributed by atoms with Crippen LogP contribution in [0.4, 0.5) is 5.69 Å². The first-order valence-corrected chi connectivity index (χ1v) is 11.5. The van der Waals surface area contributed by atoms with Gasteiger partial charge in [0.25, 0.3) is 5.91 Å². The van der Waals surface area contributed by atoms with Crippen molar-refractivity contribution in [2.45, 2.75) is 45.6 Å². The van der Waals surface area contributed by atoms with Crippen LogP contribution in [0.1, 0.15) is 61.5 Å². The van der Waals surface area contributed by atoms with E-state index in [1.54, 1.807) is 32.6 Å². The number of carbonyl (C=O) groups is 1. The van der Waals surface area contributed by atoms with Gasteiger partial charge in [0, 0.05) is 35.0 Å². The third-order valence-electron chi connectivity index (χ3n) is 5.84. The van der Waals surface area contributed by atoms with E-state index in [1.165, 1.54) is 11.3 Å². The normalized spacial score (nSPS) is 17.4. The van der Waals surface area contributed by atoms with Crippen LogP contribution in [0.25, 0.3) is 0 Å². The number of rotatable bonds is 6. The number of nitrogens with zero attached hydrogens (tertiary/aromatic N) is 2. The number of halogens is 1. The molecule has 2 aromatic carbocycles. The van der Waals surface area contributed by atoms with E-state index < -0.39 is 0 Å². The minimum Gasteiger partial charge on any atom is -0.496 e.